The number of aryl methyl sites for hydroxylation is 1. The van der Waals surface area contributed by atoms with E-state index in [1.165, 1.54) is 32.9 Å². The number of hydrogen-bond acceptors (Lipinski definition) is 6. The third-order valence-electron chi connectivity index (χ3n) is 7.47. The molecule has 0 radical (unpaired) electrons. The number of hydrogen-bond donors (Lipinski definition) is 2. The van der Waals surface area contributed by atoms with Crippen LogP contribution < -0.4 is 27.4 Å². The molecule has 0 aliphatic heterocycles. The molecule has 0 unspecified atom stereocenters. The van der Waals surface area contributed by atoms with Crippen molar-refractivity contribution < 1.29 is 9.18 Å². The zero-order chi connectivity index (χ0) is 29.7. The Morgan fingerprint density at radius 1 is 1.10 bits per heavy atom. The summed E-state index contributed by atoms with van der Waals surface area (Å²) in [6, 6.07) is 10.6. The Morgan fingerprint density at radius 3 is 2.44 bits per heavy atom. The molecule has 41 heavy (non-hydrogen) atoms. The van der Waals surface area contributed by atoms with E-state index in [1.54, 1.807) is 63.2 Å². The predicted molar refractivity (Wildman–Crippen MR) is 166 cm³/mol. The minimum atomic E-state index is -0.585. The molecule has 1 aliphatic carbocycles. The Morgan fingerprint density at radius 2 is 1.80 bits per heavy atom. The summed E-state index contributed by atoms with van der Waals surface area (Å²) in [5, 5.41) is 5.91. The van der Waals surface area contributed by atoms with Gasteiger partial charge in [0.15, 0.2) is 0 Å². The molecule has 10 nitrogen and oxygen atoms in total. The first-order valence-electron chi connectivity index (χ1n) is 13.1. The van der Waals surface area contributed by atoms with E-state index in [1.807, 2.05) is 22.6 Å². The third kappa shape index (κ3) is 5.21. The fraction of sp³-hybridized carbons (Fsp3) is 0.310. The smallest absolute Gasteiger partial charge is 0.336 e. The van der Waals surface area contributed by atoms with Gasteiger partial charge >= 0.3 is 5.69 Å². The topological polar surface area (TPSA) is 110 Å². The summed E-state index contributed by atoms with van der Waals surface area (Å²) < 4.78 is 19.4. The highest BCUT2D eigenvalue weighted by Gasteiger charge is 2.31. The van der Waals surface area contributed by atoms with E-state index in [0.717, 1.165) is 0 Å². The number of pyridine rings is 1. The van der Waals surface area contributed by atoms with Gasteiger partial charge < -0.3 is 10.6 Å². The molecule has 2 heterocycles. The largest absolute Gasteiger partial charge is 0.338 e. The Balaban J connectivity index is 1.80. The number of amides is 1. The maximum absolute atomic E-state index is 14.9. The summed E-state index contributed by atoms with van der Waals surface area (Å²) in [4.78, 5) is 55.9. The van der Waals surface area contributed by atoms with Crippen molar-refractivity contribution in [2.24, 2.45) is 7.05 Å². The molecule has 2 aromatic carbocycles. The molecule has 2 N–H and O–H groups in total. The molecular formula is C29H30FIN6O4. The Hall–Kier alpha value is -3.78. The lowest BCUT2D eigenvalue weighted by molar-refractivity contribution is -0.119. The number of carbonyl (C=O) groups is 1. The molecule has 1 saturated carbocycles. The summed E-state index contributed by atoms with van der Waals surface area (Å²) in [6.07, 6.45) is 1.33. The van der Waals surface area contributed by atoms with E-state index in [0.29, 0.717) is 27.8 Å². The first-order chi connectivity index (χ1) is 19.4. The van der Waals surface area contributed by atoms with Crippen LogP contribution in [0.4, 0.5) is 21.6 Å². The molecule has 1 aliphatic rings. The van der Waals surface area contributed by atoms with Gasteiger partial charge in [0.05, 0.1) is 22.9 Å². The lowest BCUT2D eigenvalue weighted by atomic mass is 10.1. The second-order valence-corrected chi connectivity index (χ2v) is 11.8. The average Bonchev–Trinajstić information content (AvgIpc) is 3.76. The summed E-state index contributed by atoms with van der Waals surface area (Å²) in [5.41, 5.74) is -0.383. The van der Waals surface area contributed by atoms with Crippen LogP contribution in [0.3, 0.4) is 0 Å². The number of nitrogens with one attached hydrogen (secondary N) is 2. The Kier molecular flexibility index (Phi) is 7.64. The molecule has 5 rings (SSSR count). The van der Waals surface area contributed by atoms with Gasteiger partial charge in [-0.2, -0.15) is 0 Å². The number of benzene rings is 2. The maximum Gasteiger partial charge on any atom is 0.336 e. The highest BCUT2D eigenvalue weighted by Crippen LogP contribution is 2.34. The maximum atomic E-state index is 14.9. The van der Waals surface area contributed by atoms with Gasteiger partial charge in [-0.25, -0.2) is 9.18 Å². The monoisotopic (exact) mass is 672 g/mol. The van der Waals surface area contributed by atoms with Gasteiger partial charge in [0.1, 0.15) is 17.0 Å². The molecule has 12 heteroatoms. The molecule has 214 valence electrons. The van der Waals surface area contributed by atoms with E-state index in [9.17, 15) is 23.6 Å². The van der Waals surface area contributed by atoms with Crippen LogP contribution in [-0.2, 0) is 11.8 Å². The standard InChI is InChI=1S/C29H30FIN6O4/c1-15-24-23(25(35(5)27(15)39)33-22-12-9-17(31)13-21(22)30)28(40)37(19-10-11-19)29(41)36(24)20-8-6-7-18(14-20)32-26(38)16(2)34(3)4/h6-9,12-14,16,19,33H,10-11H2,1-5H3,(H,32,38)/t16-/m1/s1. The molecule has 0 spiro atoms. The van der Waals surface area contributed by atoms with Crippen LogP contribution in [0.15, 0.2) is 56.8 Å². The second kappa shape index (κ2) is 10.9. The predicted octanol–water partition coefficient (Wildman–Crippen LogP) is 3.87. The Bertz CT molecular complexity index is 1890. The van der Waals surface area contributed by atoms with Gasteiger partial charge in [-0.1, -0.05) is 6.07 Å². The van der Waals surface area contributed by atoms with E-state index in [4.69, 9.17) is 0 Å². The molecule has 0 bridgehead atoms. The highest BCUT2D eigenvalue weighted by atomic mass is 127. The lowest BCUT2D eigenvalue weighted by Crippen LogP contribution is -2.41. The summed E-state index contributed by atoms with van der Waals surface area (Å²) in [7, 11) is 5.09. The first-order valence-corrected chi connectivity index (χ1v) is 14.2. The van der Waals surface area contributed by atoms with Crippen molar-refractivity contribution in [2.75, 3.05) is 24.7 Å². The average molecular weight is 672 g/mol. The third-order valence-corrected chi connectivity index (χ3v) is 8.14. The van der Waals surface area contributed by atoms with Crippen LogP contribution >= 0.6 is 22.6 Å². The van der Waals surface area contributed by atoms with Crippen LogP contribution in [0.25, 0.3) is 16.6 Å². The van der Waals surface area contributed by atoms with Crippen molar-refractivity contribution in [3.05, 3.63) is 88.6 Å². The van der Waals surface area contributed by atoms with Gasteiger partial charge in [0.2, 0.25) is 5.91 Å². The van der Waals surface area contributed by atoms with E-state index in [2.05, 4.69) is 10.6 Å². The fourth-order valence-corrected chi connectivity index (χ4v) is 5.23. The molecular weight excluding hydrogens is 642 g/mol. The van der Waals surface area contributed by atoms with Crippen LogP contribution in [0.1, 0.15) is 31.4 Å². The van der Waals surface area contributed by atoms with Crippen molar-refractivity contribution in [3.63, 3.8) is 0 Å². The van der Waals surface area contributed by atoms with Crippen LogP contribution in [0.5, 0.6) is 0 Å². The van der Waals surface area contributed by atoms with Crippen LogP contribution in [0, 0.1) is 16.3 Å². The SMILES string of the molecule is Cc1c(=O)n(C)c(Nc2ccc(I)cc2F)c2c(=O)n(C3CC3)c(=O)n(-c3cccc(NC(=O)[C@@H](C)N(C)C)c3)c12. The van der Waals surface area contributed by atoms with Crippen molar-refractivity contribution >= 4 is 56.6 Å². The van der Waals surface area contributed by atoms with Crippen LogP contribution in [0.2, 0.25) is 0 Å². The van der Waals surface area contributed by atoms with E-state index < -0.39 is 28.7 Å². The van der Waals surface area contributed by atoms with Gasteiger partial charge in [-0.05, 0) is 99.8 Å². The molecule has 0 saturated heterocycles. The minimum Gasteiger partial charge on any atom is -0.338 e. The fourth-order valence-electron chi connectivity index (χ4n) is 4.78. The van der Waals surface area contributed by atoms with Crippen molar-refractivity contribution in [1.29, 1.82) is 0 Å². The molecule has 1 amide bonds. The molecule has 1 atom stereocenters. The minimum absolute atomic E-state index is 0.0770. The number of fused-ring (bicyclic) bond motifs is 1. The second-order valence-electron chi connectivity index (χ2n) is 10.5. The van der Waals surface area contributed by atoms with Gasteiger partial charge in [-0.15, -0.1) is 0 Å². The van der Waals surface area contributed by atoms with Gasteiger partial charge in [-0.3, -0.25) is 33.0 Å². The Labute approximate surface area is 248 Å². The lowest BCUT2D eigenvalue weighted by Gasteiger charge is -2.21. The number of aromatic nitrogens is 3. The van der Waals surface area contributed by atoms with E-state index in [-0.39, 0.29) is 39.9 Å². The number of likely N-dealkylation sites (N-methyl/N-ethyl adjacent to an activating group) is 1. The molecule has 4 aromatic rings. The number of nitrogens with zero attached hydrogens (tertiary/aromatic N) is 4. The zero-order valence-corrected chi connectivity index (χ0v) is 25.4. The summed E-state index contributed by atoms with van der Waals surface area (Å²) >= 11 is 2.00. The van der Waals surface area contributed by atoms with Crippen LogP contribution in [-0.4, -0.2) is 44.6 Å². The van der Waals surface area contributed by atoms with E-state index >= 15 is 0 Å². The normalized spacial score (nSPS) is 14.0. The number of anilines is 3. The zero-order valence-electron chi connectivity index (χ0n) is 23.3. The van der Waals surface area contributed by atoms with Gasteiger partial charge in [0.25, 0.3) is 11.1 Å². The molecule has 2 aromatic heterocycles. The van der Waals surface area contributed by atoms with Crippen molar-refractivity contribution in [1.82, 2.24) is 18.6 Å². The molecule has 1 fully saturated rings. The number of carbonyl (C=O) groups excluding carboxylic acids is 1. The van der Waals surface area contributed by atoms with Crippen molar-refractivity contribution in [3.8, 4) is 5.69 Å². The summed E-state index contributed by atoms with van der Waals surface area (Å²) in [6.45, 7) is 3.33. The van der Waals surface area contributed by atoms with Crippen molar-refractivity contribution in [2.45, 2.75) is 38.8 Å². The number of halogens is 2. The van der Waals surface area contributed by atoms with Gasteiger partial charge in [0, 0.05) is 27.9 Å². The first kappa shape index (κ1) is 28.7. The highest BCUT2D eigenvalue weighted by molar-refractivity contribution is 14.1. The quantitative estimate of drug-likeness (QED) is 0.289. The summed E-state index contributed by atoms with van der Waals surface area (Å²) in [5.74, 6) is -0.708. The number of rotatable bonds is 7.